The molecule has 1 unspecified atom stereocenters. The molecule has 0 aromatic heterocycles. The number of hydrogen-bond acceptors (Lipinski definition) is 2. The first kappa shape index (κ1) is 25.2. The van der Waals surface area contributed by atoms with Crippen LogP contribution in [0, 0.1) is 0 Å². The van der Waals surface area contributed by atoms with Crippen LogP contribution in [0.2, 0.25) is 0 Å². The van der Waals surface area contributed by atoms with Gasteiger partial charge in [-0.25, -0.2) is 0 Å². The Balaban J connectivity index is 1.53. The highest BCUT2D eigenvalue weighted by atomic mass is 16.5. The number of nitrogens with zero attached hydrogens (tertiary/aromatic N) is 1. The van der Waals surface area contributed by atoms with Gasteiger partial charge in [0.05, 0.1) is 12.1 Å². The minimum atomic E-state index is -0.419. The average Bonchev–Trinajstić information content (AvgIpc) is 2.96. The molecule has 1 aromatic carbocycles. The number of unbranched alkanes of at least 4 members (excludes halogenated alkanes) is 11. The lowest BCUT2D eigenvalue weighted by atomic mass is 9.90. The summed E-state index contributed by atoms with van der Waals surface area (Å²) in [5.74, 6) is 0.917. The molecule has 1 radical (unpaired) electrons. The molecule has 0 amide bonds. The Bertz CT molecular complexity index is 583. The van der Waals surface area contributed by atoms with Crippen molar-refractivity contribution in [3.05, 3.63) is 29.8 Å². The van der Waals surface area contributed by atoms with Gasteiger partial charge in [0.1, 0.15) is 5.75 Å². The SMILES string of the molecule is CCCCCCCCCCCCCCOc1ccc(C2(C)CCC(C)(C)N2[O])cc1. The smallest absolute Gasteiger partial charge is 0.119 e. The van der Waals surface area contributed by atoms with Crippen LogP contribution in [0.4, 0.5) is 0 Å². The third-order valence-corrected chi connectivity index (χ3v) is 6.96. The summed E-state index contributed by atoms with van der Waals surface area (Å²) >= 11 is 0. The van der Waals surface area contributed by atoms with Crippen molar-refractivity contribution in [1.82, 2.24) is 5.06 Å². The van der Waals surface area contributed by atoms with Gasteiger partial charge in [-0.2, -0.15) is 0 Å². The number of ether oxygens (including phenoxy) is 1. The molecule has 171 valence electrons. The van der Waals surface area contributed by atoms with E-state index in [4.69, 9.17) is 4.74 Å². The zero-order valence-corrected chi connectivity index (χ0v) is 20.2. The molecular formula is C27H46NO2. The Morgan fingerprint density at radius 3 is 1.73 bits per heavy atom. The molecule has 3 nitrogen and oxygen atoms in total. The molecule has 0 spiro atoms. The maximum Gasteiger partial charge on any atom is 0.119 e. The standard InChI is InChI=1S/C27H46NO2/c1-5-6-7-8-9-10-11-12-13-14-15-16-23-30-25-19-17-24(18-20-25)27(4)22-21-26(2,3)28(27)29/h17-20H,5-16,21-23H2,1-4H3. The number of hydroxylamine groups is 2. The Morgan fingerprint density at radius 2 is 1.27 bits per heavy atom. The third-order valence-electron chi connectivity index (χ3n) is 6.96. The Labute approximate surface area is 186 Å². The Morgan fingerprint density at radius 1 is 0.767 bits per heavy atom. The minimum Gasteiger partial charge on any atom is -0.494 e. The molecule has 1 aromatic rings. The normalized spacial score (nSPS) is 21.2. The van der Waals surface area contributed by atoms with Gasteiger partial charge in [0.2, 0.25) is 0 Å². The lowest BCUT2D eigenvalue weighted by Crippen LogP contribution is -2.44. The molecule has 1 heterocycles. The summed E-state index contributed by atoms with van der Waals surface area (Å²) < 4.78 is 5.92. The van der Waals surface area contributed by atoms with Crippen LogP contribution in [0.25, 0.3) is 0 Å². The van der Waals surface area contributed by atoms with Crippen LogP contribution < -0.4 is 4.74 Å². The maximum atomic E-state index is 12.7. The van der Waals surface area contributed by atoms with E-state index in [0.29, 0.717) is 0 Å². The van der Waals surface area contributed by atoms with E-state index in [9.17, 15) is 5.21 Å². The lowest BCUT2D eigenvalue weighted by Gasteiger charge is -2.35. The van der Waals surface area contributed by atoms with Crippen LogP contribution >= 0.6 is 0 Å². The quantitative estimate of drug-likeness (QED) is 0.270. The van der Waals surface area contributed by atoms with E-state index in [1.54, 1.807) is 0 Å². The van der Waals surface area contributed by atoms with Crippen molar-refractivity contribution in [2.75, 3.05) is 6.61 Å². The predicted octanol–water partition coefficient (Wildman–Crippen LogP) is 8.20. The zero-order valence-electron chi connectivity index (χ0n) is 20.2. The molecule has 0 bridgehead atoms. The van der Waals surface area contributed by atoms with E-state index in [-0.39, 0.29) is 5.54 Å². The van der Waals surface area contributed by atoms with Gasteiger partial charge in [0.25, 0.3) is 0 Å². The van der Waals surface area contributed by atoms with Crippen LogP contribution in [-0.4, -0.2) is 17.2 Å². The molecule has 1 saturated heterocycles. The summed E-state index contributed by atoms with van der Waals surface area (Å²) in [7, 11) is 0. The monoisotopic (exact) mass is 416 g/mol. The number of rotatable bonds is 15. The fourth-order valence-electron chi connectivity index (χ4n) is 4.73. The van der Waals surface area contributed by atoms with Crippen LogP contribution in [-0.2, 0) is 10.7 Å². The van der Waals surface area contributed by atoms with E-state index in [1.165, 1.54) is 75.7 Å². The van der Waals surface area contributed by atoms with E-state index in [1.807, 2.05) is 26.0 Å². The van der Waals surface area contributed by atoms with Crippen molar-refractivity contribution in [3.63, 3.8) is 0 Å². The average molecular weight is 417 g/mol. The second kappa shape index (κ2) is 12.7. The maximum absolute atomic E-state index is 12.7. The molecule has 2 rings (SSSR count). The summed E-state index contributed by atoms with van der Waals surface area (Å²) in [6, 6.07) is 8.20. The molecule has 3 heteroatoms. The number of benzene rings is 1. The first-order chi connectivity index (χ1) is 14.4. The highest BCUT2D eigenvalue weighted by Crippen LogP contribution is 2.46. The molecule has 0 aliphatic carbocycles. The Hall–Kier alpha value is -1.06. The van der Waals surface area contributed by atoms with E-state index >= 15 is 0 Å². The largest absolute Gasteiger partial charge is 0.494 e. The zero-order chi connectivity index (χ0) is 21.9. The molecule has 0 N–H and O–H groups in total. The number of hydrogen-bond donors (Lipinski definition) is 0. The van der Waals surface area contributed by atoms with Crippen molar-refractivity contribution in [1.29, 1.82) is 0 Å². The van der Waals surface area contributed by atoms with Crippen LogP contribution in [0.3, 0.4) is 0 Å². The van der Waals surface area contributed by atoms with Crippen LogP contribution in [0.15, 0.2) is 24.3 Å². The second-order valence-corrected chi connectivity index (χ2v) is 10.1. The van der Waals surface area contributed by atoms with Gasteiger partial charge in [0.15, 0.2) is 0 Å². The highest BCUT2D eigenvalue weighted by Gasteiger charge is 2.49. The van der Waals surface area contributed by atoms with Crippen molar-refractivity contribution in [2.45, 2.75) is 129 Å². The van der Waals surface area contributed by atoms with Gasteiger partial charge in [-0.3, -0.25) is 0 Å². The van der Waals surface area contributed by atoms with Crippen LogP contribution in [0.5, 0.6) is 5.75 Å². The van der Waals surface area contributed by atoms with Gasteiger partial charge in [-0.1, -0.05) is 89.7 Å². The van der Waals surface area contributed by atoms with Gasteiger partial charge in [0, 0.05) is 5.54 Å². The second-order valence-electron chi connectivity index (χ2n) is 10.1. The van der Waals surface area contributed by atoms with E-state index in [2.05, 4.69) is 26.0 Å². The van der Waals surface area contributed by atoms with Crippen molar-refractivity contribution < 1.29 is 9.94 Å². The fourth-order valence-corrected chi connectivity index (χ4v) is 4.73. The van der Waals surface area contributed by atoms with Crippen molar-refractivity contribution in [2.24, 2.45) is 0 Å². The molecule has 30 heavy (non-hydrogen) atoms. The first-order valence-corrected chi connectivity index (χ1v) is 12.6. The molecule has 1 atom stereocenters. The van der Waals surface area contributed by atoms with Crippen molar-refractivity contribution >= 4 is 0 Å². The minimum absolute atomic E-state index is 0.279. The fraction of sp³-hybridized carbons (Fsp3) is 0.778. The van der Waals surface area contributed by atoms with Gasteiger partial charge in [-0.15, -0.1) is 10.3 Å². The summed E-state index contributed by atoms with van der Waals surface area (Å²) in [5, 5.41) is 14.0. The van der Waals surface area contributed by atoms with Crippen molar-refractivity contribution in [3.8, 4) is 5.75 Å². The van der Waals surface area contributed by atoms with Gasteiger partial charge < -0.3 is 4.74 Å². The summed E-state index contributed by atoms with van der Waals surface area (Å²) in [5.41, 5.74) is 0.400. The molecule has 1 aliphatic rings. The van der Waals surface area contributed by atoms with E-state index < -0.39 is 5.54 Å². The molecule has 1 aliphatic heterocycles. The first-order valence-electron chi connectivity index (χ1n) is 12.6. The van der Waals surface area contributed by atoms with E-state index in [0.717, 1.165) is 37.2 Å². The third kappa shape index (κ3) is 7.57. The molecular weight excluding hydrogens is 370 g/mol. The summed E-state index contributed by atoms with van der Waals surface area (Å²) in [6.07, 6.45) is 18.2. The topological polar surface area (TPSA) is 32.4 Å². The summed E-state index contributed by atoms with van der Waals surface area (Å²) in [6.45, 7) is 9.21. The molecule has 0 saturated carbocycles. The lowest BCUT2D eigenvalue weighted by molar-refractivity contribution is -0.252. The predicted molar refractivity (Wildman–Crippen MR) is 126 cm³/mol. The highest BCUT2D eigenvalue weighted by molar-refractivity contribution is 5.32. The van der Waals surface area contributed by atoms with Gasteiger partial charge in [-0.05, 0) is 57.7 Å². The molecule has 1 fully saturated rings. The van der Waals surface area contributed by atoms with Crippen LogP contribution in [0.1, 0.15) is 123 Å². The van der Waals surface area contributed by atoms with Gasteiger partial charge >= 0.3 is 0 Å². The Kier molecular flexibility index (Phi) is 10.7. The summed E-state index contributed by atoms with van der Waals surface area (Å²) in [4.78, 5) is 0.